The molecule has 39 heavy (non-hydrogen) atoms. The van der Waals surface area contributed by atoms with E-state index in [1.54, 1.807) is 0 Å². The van der Waals surface area contributed by atoms with Gasteiger partial charge in [0.25, 0.3) is 0 Å². The van der Waals surface area contributed by atoms with Gasteiger partial charge in [-0.2, -0.15) is 0 Å². The van der Waals surface area contributed by atoms with Crippen molar-refractivity contribution in [3.8, 4) is 0 Å². The summed E-state index contributed by atoms with van der Waals surface area (Å²) < 4.78 is 5.80. The van der Waals surface area contributed by atoms with Crippen molar-refractivity contribution in [3.05, 3.63) is 12.2 Å². The number of rotatable bonds is 26. The van der Waals surface area contributed by atoms with Crippen LogP contribution in [0.2, 0.25) is 0 Å². The van der Waals surface area contributed by atoms with E-state index in [0.717, 1.165) is 77.0 Å². The Morgan fingerprint density at radius 1 is 0.744 bits per heavy atom. The third kappa shape index (κ3) is 23.2. The molecule has 0 fully saturated rings. The maximum Gasteiger partial charge on any atom is 0.328 e. The predicted molar refractivity (Wildman–Crippen MR) is 153 cm³/mol. The van der Waals surface area contributed by atoms with E-state index < -0.39 is 24.5 Å². The first-order valence-electron chi connectivity index (χ1n) is 15.1. The zero-order valence-corrected chi connectivity index (χ0v) is 24.4. The Morgan fingerprint density at radius 2 is 1.36 bits per heavy atom. The van der Waals surface area contributed by atoms with Gasteiger partial charge in [0.2, 0.25) is 11.8 Å². The number of nitrogens with one attached hydrogen (secondary N) is 2. The molecule has 2 unspecified atom stereocenters. The number of hydrogen-bond acceptors (Lipinski definition) is 6. The van der Waals surface area contributed by atoms with Gasteiger partial charge >= 0.3 is 11.9 Å². The quantitative estimate of drug-likeness (QED) is 0.0654. The number of esters is 1. The summed E-state index contributed by atoms with van der Waals surface area (Å²) in [5, 5.41) is 22.3. The van der Waals surface area contributed by atoms with Crippen LogP contribution in [-0.2, 0) is 23.9 Å². The molecule has 0 aromatic rings. The first-order chi connectivity index (χ1) is 18.8. The molecule has 0 heterocycles. The highest BCUT2D eigenvalue weighted by Crippen LogP contribution is 2.17. The highest BCUT2D eigenvalue weighted by Gasteiger charge is 2.19. The van der Waals surface area contributed by atoms with Gasteiger partial charge in [0, 0.05) is 12.8 Å². The summed E-state index contributed by atoms with van der Waals surface area (Å²) in [7, 11) is 0. The first-order valence-corrected chi connectivity index (χ1v) is 15.1. The van der Waals surface area contributed by atoms with E-state index >= 15 is 0 Å². The average Bonchev–Trinajstić information content (AvgIpc) is 2.91. The number of carboxylic acids is 1. The molecule has 2 atom stereocenters. The molecule has 0 radical (unpaired) electrons. The van der Waals surface area contributed by atoms with E-state index in [1.807, 2.05) is 0 Å². The van der Waals surface area contributed by atoms with E-state index in [0.29, 0.717) is 12.8 Å². The summed E-state index contributed by atoms with van der Waals surface area (Å²) >= 11 is 0. The second kappa shape index (κ2) is 25.8. The zero-order chi connectivity index (χ0) is 29.1. The Labute approximate surface area is 235 Å². The molecule has 226 valence electrons. The molecular formula is C30H54N2O7. The summed E-state index contributed by atoms with van der Waals surface area (Å²) in [5.74, 6) is -2.41. The lowest BCUT2D eigenvalue weighted by atomic mass is 10.0. The van der Waals surface area contributed by atoms with Crippen molar-refractivity contribution in [2.45, 2.75) is 142 Å². The number of amides is 2. The normalized spacial score (nSPS) is 12.7. The molecule has 0 aromatic heterocycles. The fourth-order valence-corrected chi connectivity index (χ4v) is 4.13. The van der Waals surface area contributed by atoms with Crippen LogP contribution in [0.25, 0.3) is 0 Å². The van der Waals surface area contributed by atoms with Crippen molar-refractivity contribution in [1.82, 2.24) is 10.6 Å². The molecular weight excluding hydrogens is 500 g/mol. The van der Waals surface area contributed by atoms with Crippen LogP contribution in [0.4, 0.5) is 0 Å². The van der Waals surface area contributed by atoms with Gasteiger partial charge < -0.3 is 25.6 Å². The van der Waals surface area contributed by atoms with Crippen molar-refractivity contribution in [2.24, 2.45) is 0 Å². The molecule has 0 aliphatic rings. The Bertz CT molecular complexity index is 697. The third-order valence-corrected chi connectivity index (χ3v) is 6.49. The van der Waals surface area contributed by atoms with Gasteiger partial charge in [-0.05, 0) is 57.8 Å². The van der Waals surface area contributed by atoms with Gasteiger partial charge in [0.1, 0.15) is 12.1 Å². The summed E-state index contributed by atoms with van der Waals surface area (Å²) in [6, 6.07) is -1.39. The smallest absolute Gasteiger partial charge is 0.328 e. The molecule has 2 amide bonds. The van der Waals surface area contributed by atoms with Gasteiger partial charge in [-0.25, -0.2) is 4.79 Å². The zero-order valence-electron chi connectivity index (χ0n) is 24.4. The third-order valence-electron chi connectivity index (χ3n) is 6.49. The van der Waals surface area contributed by atoms with Crippen molar-refractivity contribution < 1.29 is 34.1 Å². The van der Waals surface area contributed by atoms with Crippen LogP contribution in [0.3, 0.4) is 0 Å². The maximum absolute atomic E-state index is 12.4. The van der Waals surface area contributed by atoms with Crippen molar-refractivity contribution in [2.75, 3.05) is 13.2 Å². The van der Waals surface area contributed by atoms with Crippen LogP contribution < -0.4 is 10.6 Å². The molecule has 0 saturated carbocycles. The molecule has 0 aliphatic carbocycles. The van der Waals surface area contributed by atoms with Crippen LogP contribution in [0.15, 0.2) is 12.2 Å². The van der Waals surface area contributed by atoms with Gasteiger partial charge in [-0.1, -0.05) is 70.9 Å². The Kier molecular flexibility index (Phi) is 24.2. The highest BCUT2D eigenvalue weighted by atomic mass is 16.5. The van der Waals surface area contributed by atoms with Crippen LogP contribution in [0, 0.1) is 0 Å². The number of carbonyl (C=O) groups excluding carboxylic acids is 3. The standard InChI is InChI=1S/C30H54N2O7/c1-3-5-7-8-9-10-11-12-13-18-22-29(36)39-25(19-15-6-4-2)20-16-14-17-21-27(34)31-23-28(35)32-26(24-33)30(37)38/h7-8,25-26,33H,3-6,9-24H2,1-2H3,(H,31,34)(H,32,35)(H,37,38)/b8-7-. The number of carbonyl (C=O) groups is 4. The minimum absolute atomic E-state index is 0.0785. The number of unbranched alkanes of at least 4 members (excludes halogenated alkanes) is 10. The Morgan fingerprint density at radius 3 is 2.03 bits per heavy atom. The van der Waals surface area contributed by atoms with E-state index in [-0.39, 0.29) is 30.9 Å². The summed E-state index contributed by atoms with van der Waals surface area (Å²) in [4.78, 5) is 46.9. The van der Waals surface area contributed by atoms with E-state index in [1.165, 1.54) is 19.3 Å². The van der Waals surface area contributed by atoms with Crippen molar-refractivity contribution >= 4 is 23.8 Å². The number of allylic oxidation sites excluding steroid dienone is 2. The molecule has 0 rings (SSSR count). The summed E-state index contributed by atoms with van der Waals surface area (Å²) in [6.45, 7) is 3.27. The van der Waals surface area contributed by atoms with Crippen molar-refractivity contribution in [1.29, 1.82) is 0 Å². The molecule has 0 spiro atoms. The molecule has 9 nitrogen and oxygen atoms in total. The lowest BCUT2D eigenvalue weighted by Crippen LogP contribution is -2.47. The van der Waals surface area contributed by atoms with Crippen LogP contribution in [-0.4, -0.2) is 59.3 Å². The number of aliphatic hydroxyl groups is 1. The first kappa shape index (κ1) is 36.6. The molecule has 0 saturated heterocycles. The van der Waals surface area contributed by atoms with E-state index in [4.69, 9.17) is 14.9 Å². The van der Waals surface area contributed by atoms with Crippen LogP contribution in [0.1, 0.15) is 129 Å². The number of ether oxygens (including phenoxy) is 1. The Balaban J connectivity index is 4.09. The fourth-order valence-electron chi connectivity index (χ4n) is 4.13. The highest BCUT2D eigenvalue weighted by molar-refractivity contribution is 5.87. The minimum Gasteiger partial charge on any atom is -0.480 e. The molecule has 0 bridgehead atoms. The minimum atomic E-state index is -1.39. The van der Waals surface area contributed by atoms with Crippen LogP contribution in [0.5, 0.6) is 0 Å². The number of carboxylic acid groups (broad SMARTS) is 1. The Hall–Kier alpha value is -2.42. The molecule has 9 heteroatoms. The molecule has 4 N–H and O–H groups in total. The fraction of sp³-hybridized carbons (Fsp3) is 0.800. The molecule has 0 aromatic carbocycles. The lowest BCUT2D eigenvalue weighted by molar-refractivity contribution is -0.150. The predicted octanol–water partition coefficient (Wildman–Crippen LogP) is 5.19. The van der Waals surface area contributed by atoms with Gasteiger partial charge in [-0.3, -0.25) is 14.4 Å². The molecule has 0 aliphatic heterocycles. The van der Waals surface area contributed by atoms with E-state index in [2.05, 4.69) is 36.6 Å². The topological polar surface area (TPSA) is 142 Å². The second-order valence-corrected chi connectivity index (χ2v) is 10.2. The van der Waals surface area contributed by atoms with E-state index in [9.17, 15) is 19.2 Å². The second-order valence-electron chi connectivity index (χ2n) is 10.2. The average molecular weight is 555 g/mol. The maximum atomic E-state index is 12.4. The summed E-state index contributed by atoms with van der Waals surface area (Å²) in [5.41, 5.74) is 0. The van der Waals surface area contributed by atoms with Gasteiger partial charge in [0.05, 0.1) is 13.2 Å². The summed E-state index contributed by atoms with van der Waals surface area (Å²) in [6.07, 6.45) is 21.4. The van der Waals surface area contributed by atoms with Gasteiger partial charge in [0.15, 0.2) is 0 Å². The van der Waals surface area contributed by atoms with Crippen LogP contribution >= 0.6 is 0 Å². The monoisotopic (exact) mass is 554 g/mol. The van der Waals surface area contributed by atoms with Gasteiger partial charge in [-0.15, -0.1) is 0 Å². The number of hydrogen-bond donors (Lipinski definition) is 4. The van der Waals surface area contributed by atoms with Crippen molar-refractivity contribution in [3.63, 3.8) is 0 Å². The lowest BCUT2D eigenvalue weighted by Gasteiger charge is -2.18. The largest absolute Gasteiger partial charge is 0.480 e. The number of aliphatic hydroxyl groups excluding tert-OH is 1. The number of aliphatic carboxylic acids is 1. The SMILES string of the molecule is CCC/C=C\CCCCCCCC(=O)OC(CCCCC)CCCCCC(=O)NCC(=O)NC(CO)C(=O)O.